The highest BCUT2D eigenvalue weighted by Gasteiger charge is 2.18. The van der Waals surface area contributed by atoms with Gasteiger partial charge in [0, 0.05) is 27.9 Å². The zero-order valence-electron chi connectivity index (χ0n) is 15.6. The fourth-order valence-electron chi connectivity index (χ4n) is 2.93. The van der Waals surface area contributed by atoms with E-state index in [2.05, 4.69) is 11.6 Å². The van der Waals surface area contributed by atoms with Gasteiger partial charge in [-0.15, -0.1) is 29.3 Å². The number of phenols is 2. The molecular weight excluding hydrogens is 440 g/mol. The number of aromatic hydroxyl groups is 2. The molecule has 0 saturated heterocycles. The van der Waals surface area contributed by atoms with E-state index >= 15 is 0 Å². The summed E-state index contributed by atoms with van der Waals surface area (Å²) >= 11 is 4.12. The molecule has 0 amide bonds. The number of thiophene rings is 2. The molecule has 0 aliphatic carbocycles. The van der Waals surface area contributed by atoms with E-state index in [4.69, 9.17) is 0 Å². The summed E-state index contributed by atoms with van der Waals surface area (Å²) in [6.45, 7) is 4.00. The molecule has 4 aromatic rings. The topological polar surface area (TPSA) is 92.4 Å². The molecule has 9 heteroatoms. The van der Waals surface area contributed by atoms with Crippen molar-refractivity contribution in [3.8, 4) is 21.9 Å². The first-order valence-electron chi connectivity index (χ1n) is 8.84. The minimum atomic E-state index is -0.353. The molecule has 3 aromatic heterocycles. The van der Waals surface area contributed by atoms with E-state index < -0.39 is 0 Å². The number of nitrogens with zero attached hydrogens (tertiary/aromatic N) is 2. The Labute approximate surface area is 183 Å². The van der Waals surface area contributed by atoms with Gasteiger partial charge in [0.05, 0.1) is 11.1 Å². The monoisotopic (exact) mass is 456 g/mol. The maximum Gasteiger partial charge on any atom is 0.263 e. The van der Waals surface area contributed by atoms with Crippen LogP contribution >= 0.6 is 34.4 Å². The van der Waals surface area contributed by atoms with Crippen molar-refractivity contribution < 1.29 is 15.0 Å². The molecule has 0 unspecified atom stereocenters. The third-order valence-electron chi connectivity index (χ3n) is 4.39. The Bertz CT molecular complexity index is 1310. The molecule has 4 rings (SSSR count). The zero-order valence-corrected chi connectivity index (χ0v) is 18.0. The summed E-state index contributed by atoms with van der Waals surface area (Å²) in [5, 5.41) is 23.9. The van der Waals surface area contributed by atoms with Crippen molar-refractivity contribution in [3.05, 3.63) is 69.7 Å². The Morgan fingerprint density at radius 3 is 2.77 bits per heavy atom. The molecule has 0 atom stereocenters. The SMILES string of the molecule is C=CCn1c(SCC(=O)c2ccc(O)c(O)c2)nc2scc(-c3cccs3)c2c1=O. The molecule has 0 spiro atoms. The molecule has 3 heterocycles. The number of phenolic OH excluding ortho intramolecular Hbond substituents is 2. The maximum atomic E-state index is 13.2. The number of hydrogen-bond acceptors (Lipinski definition) is 8. The van der Waals surface area contributed by atoms with Crippen LogP contribution in [0, 0.1) is 0 Å². The summed E-state index contributed by atoms with van der Waals surface area (Å²) in [6, 6.07) is 7.84. The third kappa shape index (κ3) is 3.79. The lowest BCUT2D eigenvalue weighted by atomic mass is 10.1. The Hall–Kier alpha value is -2.88. The summed E-state index contributed by atoms with van der Waals surface area (Å²) in [4.78, 5) is 32.0. The van der Waals surface area contributed by atoms with Crippen molar-refractivity contribution in [2.45, 2.75) is 11.7 Å². The molecule has 0 saturated carbocycles. The van der Waals surface area contributed by atoms with Gasteiger partial charge in [0.25, 0.3) is 5.56 Å². The van der Waals surface area contributed by atoms with Gasteiger partial charge in [0.1, 0.15) is 4.83 Å². The van der Waals surface area contributed by atoms with E-state index in [0.29, 0.717) is 15.4 Å². The summed E-state index contributed by atoms with van der Waals surface area (Å²) in [7, 11) is 0. The Kier molecular flexibility index (Phi) is 5.76. The standard InChI is InChI=1S/C21H16N2O4S3/c1-2-7-23-20(27)18-13(17-4-3-8-28-17)10-29-19(18)22-21(23)30-11-16(26)12-5-6-14(24)15(25)9-12/h2-6,8-10,24-25H,1,7,11H2. The number of rotatable bonds is 7. The van der Waals surface area contributed by atoms with Crippen LogP contribution in [0.25, 0.3) is 20.7 Å². The Morgan fingerprint density at radius 1 is 1.23 bits per heavy atom. The van der Waals surface area contributed by atoms with E-state index in [9.17, 15) is 19.8 Å². The quantitative estimate of drug-likeness (QED) is 0.137. The van der Waals surface area contributed by atoms with Gasteiger partial charge in [-0.3, -0.25) is 14.2 Å². The van der Waals surface area contributed by atoms with E-state index in [1.165, 1.54) is 34.1 Å². The lowest BCUT2D eigenvalue weighted by Crippen LogP contribution is -2.23. The number of ketones is 1. The normalized spacial score (nSPS) is 11.1. The zero-order chi connectivity index (χ0) is 21.3. The predicted octanol–water partition coefficient (Wildman–Crippen LogP) is 4.76. The minimum absolute atomic E-state index is 0.0302. The maximum absolute atomic E-state index is 13.2. The molecule has 0 aliphatic rings. The number of aromatic nitrogens is 2. The number of allylic oxidation sites excluding steroid dienone is 1. The lowest BCUT2D eigenvalue weighted by molar-refractivity contribution is 0.102. The molecule has 6 nitrogen and oxygen atoms in total. The molecule has 0 bridgehead atoms. The van der Waals surface area contributed by atoms with E-state index in [1.54, 1.807) is 17.4 Å². The van der Waals surface area contributed by atoms with E-state index in [0.717, 1.165) is 22.2 Å². The van der Waals surface area contributed by atoms with Crippen LogP contribution in [0.2, 0.25) is 0 Å². The second-order valence-electron chi connectivity index (χ2n) is 6.32. The lowest BCUT2D eigenvalue weighted by Gasteiger charge is -2.10. The first kappa shape index (κ1) is 20.4. The molecular formula is C21H16N2O4S3. The minimum Gasteiger partial charge on any atom is -0.504 e. The predicted molar refractivity (Wildman–Crippen MR) is 122 cm³/mol. The number of carbonyl (C=O) groups is 1. The molecule has 152 valence electrons. The molecule has 0 radical (unpaired) electrons. The second kappa shape index (κ2) is 8.47. The van der Waals surface area contributed by atoms with Crippen LogP contribution in [0.5, 0.6) is 11.5 Å². The van der Waals surface area contributed by atoms with Crippen molar-refractivity contribution in [2.75, 3.05) is 5.75 Å². The fraction of sp³-hybridized carbons (Fsp3) is 0.0952. The van der Waals surface area contributed by atoms with Crippen LogP contribution in [0.4, 0.5) is 0 Å². The number of fused-ring (bicyclic) bond motifs is 1. The van der Waals surface area contributed by atoms with Gasteiger partial charge in [-0.05, 0) is 29.6 Å². The molecule has 0 fully saturated rings. The highest BCUT2D eigenvalue weighted by molar-refractivity contribution is 7.99. The van der Waals surface area contributed by atoms with Gasteiger partial charge in [0.2, 0.25) is 0 Å². The summed E-state index contributed by atoms with van der Waals surface area (Å²) in [5.74, 6) is -0.859. The highest BCUT2D eigenvalue weighted by atomic mass is 32.2. The molecule has 1 aromatic carbocycles. The molecule has 2 N–H and O–H groups in total. The molecule has 0 aliphatic heterocycles. The van der Waals surface area contributed by atoms with Crippen molar-refractivity contribution >= 4 is 50.4 Å². The third-order valence-corrected chi connectivity index (χ3v) is 7.14. The highest BCUT2D eigenvalue weighted by Crippen LogP contribution is 2.34. The second-order valence-corrected chi connectivity index (χ2v) is 9.07. The number of hydrogen-bond donors (Lipinski definition) is 2. The Balaban J connectivity index is 1.69. The summed E-state index contributed by atoms with van der Waals surface area (Å²) in [5.41, 5.74) is 0.974. The van der Waals surface area contributed by atoms with Gasteiger partial charge in [-0.25, -0.2) is 4.98 Å². The first-order chi connectivity index (χ1) is 14.5. The van der Waals surface area contributed by atoms with Gasteiger partial charge in [-0.1, -0.05) is 23.9 Å². The average molecular weight is 457 g/mol. The van der Waals surface area contributed by atoms with Crippen LogP contribution < -0.4 is 5.56 Å². The number of thioether (sulfide) groups is 1. The first-order valence-corrected chi connectivity index (χ1v) is 11.6. The fourth-order valence-corrected chi connectivity index (χ4v) is 5.64. The average Bonchev–Trinajstić information content (AvgIpc) is 3.40. The van der Waals surface area contributed by atoms with Crippen molar-refractivity contribution in [3.63, 3.8) is 0 Å². The van der Waals surface area contributed by atoms with Crippen LogP contribution in [0.1, 0.15) is 10.4 Å². The largest absolute Gasteiger partial charge is 0.504 e. The number of Topliss-reactive ketones (excluding diaryl/α,β-unsaturated/α-hetero) is 1. The van der Waals surface area contributed by atoms with Crippen LogP contribution in [-0.2, 0) is 6.54 Å². The molecule has 30 heavy (non-hydrogen) atoms. The smallest absolute Gasteiger partial charge is 0.263 e. The van der Waals surface area contributed by atoms with Gasteiger partial charge >= 0.3 is 0 Å². The van der Waals surface area contributed by atoms with E-state index in [-0.39, 0.29) is 40.7 Å². The van der Waals surface area contributed by atoms with Crippen molar-refractivity contribution in [2.24, 2.45) is 0 Å². The van der Waals surface area contributed by atoms with Crippen LogP contribution in [-0.4, -0.2) is 31.3 Å². The Morgan fingerprint density at radius 2 is 2.07 bits per heavy atom. The van der Waals surface area contributed by atoms with E-state index in [1.807, 2.05) is 22.9 Å². The van der Waals surface area contributed by atoms with Gasteiger partial charge in [-0.2, -0.15) is 0 Å². The van der Waals surface area contributed by atoms with Gasteiger partial charge < -0.3 is 10.2 Å². The summed E-state index contributed by atoms with van der Waals surface area (Å²) < 4.78 is 1.52. The number of carbonyl (C=O) groups excluding carboxylic acids is 1. The van der Waals surface area contributed by atoms with Crippen molar-refractivity contribution in [1.29, 1.82) is 0 Å². The van der Waals surface area contributed by atoms with Crippen LogP contribution in [0.3, 0.4) is 0 Å². The summed E-state index contributed by atoms with van der Waals surface area (Å²) in [6.07, 6.45) is 1.62. The van der Waals surface area contributed by atoms with Crippen LogP contribution in [0.15, 0.2) is 63.7 Å². The van der Waals surface area contributed by atoms with Crippen molar-refractivity contribution in [1.82, 2.24) is 9.55 Å². The number of benzene rings is 1. The van der Waals surface area contributed by atoms with Gasteiger partial charge in [0.15, 0.2) is 22.4 Å².